The second kappa shape index (κ2) is 10.1. The third-order valence-corrected chi connectivity index (χ3v) is 6.65. The van der Waals surface area contributed by atoms with E-state index in [2.05, 4.69) is 15.3 Å². The molecule has 8 nitrogen and oxygen atoms in total. The lowest BCUT2D eigenvalue weighted by molar-refractivity contribution is -0.143. The predicted octanol–water partition coefficient (Wildman–Crippen LogP) is 3.35. The summed E-state index contributed by atoms with van der Waals surface area (Å²) >= 11 is 0. The smallest absolute Gasteiger partial charge is 0.259 e. The van der Waals surface area contributed by atoms with E-state index in [1.807, 2.05) is 40.1 Å². The molecule has 0 aliphatic carbocycles. The first-order valence-electron chi connectivity index (χ1n) is 11.7. The number of hydrogen-bond donors (Lipinski definition) is 1. The Morgan fingerprint density at radius 3 is 2.39 bits per heavy atom. The normalized spacial score (nSPS) is 19.3. The second-order valence-electron chi connectivity index (χ2n) is 8.87. The largest absolute Gasteiger partial charge is 0.343 e. The summed E-state index contributed by atoms with van der Waals surface area (Å²) in [5.74, 6) is 0.474. The lowest BCUT2D eigenvalue weighted by Crippen LogP contribution is -2.46. The number of benzene rings is 1. The van der Waals surface area contributed by atoms with E-state index in [-0.39, 0.29) is 29.7 Å². The van der Waals surface area contributed by atoms with Gasteiger partial charge < -0.3 is 15.1 Å². The van der Waals surface area contributed by atoms with Gasteiger partial charge in [0.1, 0.15) is 0 Å². The minimum Gasteiger partial charge on any atom is -0.343 e. The first kappa shape index (κ1) is 22.9. The van der Waals surface area contributed by atoms with Gasteiger partial charge >= 0.3 is 0 Å². The Morgan fingerprint density at radius 1 is 1.00 bits per heavy atom. The molecule has 0 saturated carbocycles. The zero-order valence-corrected chi connectivity index (χ0v) is 19.3. The summed E-state index contributed by atoms with van der Waals surface area (Å²) < 4.78 is 0. The average Bonchev–Trinajstić information content (AvgIpc) is 2.84. The standard InChI is InChI=1S/C25H31N5O3/c1-17-21(24(32)28-20-8-4-3-5-9-20)16-26-23(27-17)22-10-6-7-13-30(22)25(33)19-11-14-29(15-12-19)18(2)31/h3-5,8-9,16,19,22H,6-7,10-15H2,1-2H3,(H,28,32)/t22-/m1/s1. The second-order valence-corrected chi connectivity index (χ2v) is 8.87. The van der Waals surface area contributed by atoms with Crippen LogP contribution in [0.25, 0.3) is 0 Å². The lowest BCUT2D eigenvalue weighted by atomic mass is 9.92. The molecule has 8 heteroatoms. The lowest BCUT2D eigenvalue weighted by Gasteiger charge is -2.39. The van der Waals surface area contributed by atoms with E-state index in [0.717, 1.165) is 19.3 Å². The van der Waals surface area contributed by atoms with Crippen molar-refractivity contribution in [1.82, 2.24) is 19.8 Å². The van der Waals surface area contributed by atoms with Crippen LogP contribution in [-0.4, -0.2) is 57.1 Å². The van der Waals surface area contributed by atoms with Gasteiger partial charge in [-0.15, -0.1) is 0 Å². The van der Waals surface area contributed by atoms with Gasteiger partial charge in [0.15, 0.2) is 5.82 Å². The highest BCUT2D eigenvalue weighted by Gasteiger charge is 2.35. The molecule has 1 N–H and O–H groups in total. The van der Waals surface area contributed by atoms with Crippen LogP contribution < -0.4 is 5.32 Å². The number of aromatic nitrogens is 2. The Bertz CT molecular complexity index is 1020. The van der Waals surface area contributed by atoms with Crippen LogP contribution in [0.4, 0.5) is 5.69 Å². The quantitative estimate of drug-likeness (QED) is 0.772. The number of hydrogen-bond acceptors (Lipinski definition) is 5. The average molecular weight is 450 g/mol. The SMILES string of the molecule is CC(=O)N1CCC(C(=O)N2CCCC[C@@H]2c2ncc(C(=O)Nc3ccccc3)c(C)n2)CC1. The van der Waals surface area contributed by atoms with E-state index >= 15 is 0 Å². The first-order chi connectivity index (χ1) is 15.9. The number of piperidine rings is 2. The van der Waals surface area contributed by atoms with Gasteiger partial charge in [-0.05, 0) is 51.2 Å². The maximum atomic E-state index is 13.4. The van der Waals surface area contributed by atoms with Gasteiger partial charge in [0, 0.05) is 44.4 Å². The number of anilines is 1. The molecule has 2 saturated heterocycles. The number of carbonyl (C=O) groups is 3. The Balaban J connectivity index is 1.47. The fraction of sp³-hybridized carbons (Fsp3) is 0.480. The summed E-state index contributed by atoms with van der Waals surface area (Å²) in [5.41, 5.74) is 1.74. The van der Waals surface area contributed by atoms with Gasteiger partial charge in [0.05, 0.1) is 17.3 Å². The van der Waals surface area contributed by atoms with Crippen LogP contribution in [0.2, 0.25) is 0 Å². The molecule has 1 atom stereocenters. The number of nitrogens with zero attached hydrogens (tertiary/aromatic N) is 4. The monoisotopic (exact) mass is 449 g/mol. The summed E-state index contributed by atoms with van der Waals surface area (Å²) in [6.45, 7) is 5.33. The summed E-state index contributed by atoms with van der Waals surface area (Å²) in [6.07, 6.45) is 5.74. The fourth-order valence-corrected chi connectivity index (χ4v) is 4.73. The molecule has 2 aliphatic rings. The number of para-hydroxylation sites is 1. The molecule has 0 spiro atoms. The maximum absolute atomic E-state index is 13.4. The molecule has 33 heavy (non-hydrogen) atoms. The Morgan fingerprint density at radius 2 is 1.73 bits per heavy atom. The van der Waals surface area contributed by atoms with Crippen molar-refractivity contribution in [3.05, 3.63) is 53.6 Å². The van der Waals surface area contributed by atoms with E-state index in [1.54, 1.807) is 20.0 Å². The van der Waals surface area contributed by atoms with Crippen molar-refractivity contribution in [2.75, 3.05) is 25.0 Å². The van der Waals surface area contributed by atoms with Crippen LogP contribution >= 0.6 is 0 Å². The highest BCUT2D eigenvalue weighted by Crippen LogP contribution is 2.32. The third-order valence-electron chi connectivity index (χ3n) is 6.65. The van der Waals surface area contributed by atoms with Gasteiger partial charge in [0.25, 0.3) is 5.91 Å². The Hall–Kier alpha value is -3.29. The first-order valence-corrected chi connectivity index (χ1v) is 11.7. The molecular weight excluding hydrogens is 418 g/mol. The van der Waals surface area contributed by atoms with Crippen molar-refractivity contribution in [3.63, 3.8) is 0 Å². The van der Waals surface area contributed by atoms with E-state index in [0.29, 0.717) is 55.2 Å². The molecule has 2 aromatic rings. The third kappa shape index (κ3) is 5.21. The van der Waals surface area contributed by atoms with Crippen molar-refractivity contribution in [2.45, 2.75) is 52.0 Å². The van der Waals surface area contributed by atoms with E-state index in [4.69, 9.17) is 0 Å². The van der Waals surface area contributed by atoms with Crippen LogP contribution in [-0.2, 0) is 9.59 Å². The number of likely N-dealkylation sites (tertiary alicyclic amines) is 2. The maximum Gasteiger partial charge on any atom is 0.259 e. The summed E-state index contributed by atoms with van der Waals surface area (Å²) in [7, 11) is 0. The number of rotatable bonds is 4. The molecule has 1 aromatic heterocycles. The molecule has 1 aromatic carbocycles. The van der Waals surface area contributed by atoms with Crippen LogP contribution in [0.15, 0.2) is 36.5 Å². The zero-order chi connectivity index (χ0) is 23.4. The molecule has 2 aliphatic heterocycles. The Labute approximate surface area is 194 Å². The molecule has 3 heterocycles. The number of amides is 3. The highest BCUT2D eigenvalue weighted by molar-refractivity contribution is 6.04. The Kier molecular flexibility index (Phi) is 7.01. The van der Waals surface area contributed by atoms with Gasteiger partial charge in [-0.2, -0.15) is 0 Å². The van der Waals surface area contributed by atoms with Crippen molar-refractivity contribution < 1.29 is 14.4 Å². The van der Waals surface area contributed by atoms with Crippen LogP contribution in [0.5, 0.6) is 0 Å². The van der Waals surface area contributed by atoms with Gasteiger partial charge in [-0.3, -0.25) is 14.4 Å². The van der Waals surface area contributed by atoms with Crippen molar-refractivity contribution in [3.8, 4) is 0 Å². The topological polar surface area (TPSA) is 95.5 Å². The molecule has 0 bridgehead atoms. The summed E-state index contributed by atoms with van der Waals surface area (Å²) in [4.78, 5) is 50.6. The molecule has 4 rings (SSSR count). The van der Waals surface area contributed by atoms with Crippen molar-refractivity contribution in [2.24, 2.45) is 5.92 Å². The van der Waals surface area contributed by atoms with Crippen molar-refractivity contribution >= 4 is 23.4 Å². The molecule has 2 fully saturated rings. The van der Waals surface area contributed by atoms with Gasteiger partial charge in [-0.25, -0.2) is 9.97 Å². The molecule has 0 radical (unpaired) electrons. The highest BCUT2D eigenvalue weighted by atomic mass is 16.2. The zero-order valence-electron chi connectivity index (χ0n) is 19.3. The van der Waals surface area contributed by atoms with Crippen LogP contribution in [0.3, 0.4) is 0 Å². The van der Waals surface area contributed by atoms with E-state index < -0.39 is 0 Å². The summed E-state index contributed by atoms with van der Waals surface area (Å²) in [5, 5.41) is 2.87. The molecule has 174 valence electrons. The molecule has 3 amide bonds. The van der Waals surface area contributed by atoms with Crippen molar-refractivity contribution in [1.29, 1.82) is 0 Å². The summed E-state index contributed by atoms with van der Waals surface area (Å²) in [6, 6.07) is 9.09. The predicted molar refractivity (Wildman–Crippen MR) is 124 cm³/mol. The minimum atomic E-state index is -0.251. The van der Waals surface area contributed by atoms with Crippen LogP contribution in [0, 0.1) is 12.8 Å². The van der Waals surface area contributed by atoms with E-state index in [9.17, 15) is 14.4 Å². The molecular formula is C25H31N5O3. The minimum absolute atomic E-state index is 0.0667. The van der Waals surface area contributed by atoms with E-state index in [1.165, 1.54) is 0 Å². The van der Waals surface area contributed by atoms with Crippen LogP contribution in [0.1, 0.15) is 66.9 Å². The van der Waals surface area contributed by atoms with Gasteiger partial charge in [0.2, 0.25) is 11.8 Å². The number of nitrogens with one attached hydrogen (secondary N) is 1. The number of carbonyl (C=O) groups excluding carboxylic acids is 3. The fourth-order valence-electron chi connectivity index (χ4n) is 4.73. The van der Waals surface area contributed by atoms with Gasteiger partial charge in [-0.1, -0.05) is 18.2 Å². The number of aryl methyl sites for hydroxylation is 1. The molecule has 0 unspecified atom stereocenters.